The molecule has 0 aliphatic rings. The maximum atomic E-state index is 10.9. The molecule has 0 fully saturated rings. The summed E-state index contributed by atoms with van der Waals surface area (Å²) >= 11 is 0. The maximum absolute atomic E-state index is 10.9. The van der Waals surface area contributed by atoms with Crippen LogP contribution in [-0.4, -0.2) is 26.0 Å². The summed E-state index contributed by atoms with van der Waals surface area (Å²) in [6.45, 7) is 0. The van der Waals surface area contributed by atoms with E-state index in [9.17, 15) is 4.79 Å². The van der Waals surface area contributed by atoms with Crippen LogP contribution in [0.4, 0.5) is 0 Å². The van der Waals surface area contributed by atoms with Crippen molar-refractivity contribution in [1.29, 1.82) is 0 Å². The van der Waals surface area contributed by atoms with Crippen molar-refractivity contribution >= 4 is 5.91 Å². The topological polar surface area (TPSA) is 41.1 Å². The summed E-state index contributed by atoms with van der Waals surface area (Å²) in [5, 5.41) is 5.30. The highest BCUT2D eigenvalue weighted by molar-refractivity contribution is 5.81. The Morgan fingerprint density at radius 2 is 2.30 bits per heavy atom. The summed E-state index contributed by atoms with van der Waals surface area (Å²) in [7, 11) is 3.29. The first-order valence-corrected chi connectivity index (χ1v) is 3.08. The zero-order chi connectivity index (χ0) is 7.98. The van der Waals surface area contributed by atoms with E-state index in [1.54, 1.807) is 14.1 Å². The van der Waals surface area contributed by atoms with Crippen molar-refractivity contribution < 1.29 is 4.79 Å². The Hall–Kier alpha value is -1.01. The summed E-state index contributed by atoms with van der Waals surface area (Å²) in [5.74, 6) is 2.34. The van der Waals surface area contributed by atoms with Crippen LogP contribution >= 0.6 is 0 Å². The molecule has 0 aromatic heterocycles. The van der Waals surface area contributed by atoms with E-state index in [1.807, 2.05) is 0 Å². The standard InChI is InChI=1S/C7H12N2O/c1-4-5-6(8-2)7(10)9-3/h1,6,8H,5H2,2-3H3,(H,9,10)/t6-/m0/s1. The predicted molar refractivity (Wildman–Crippen MR) is 40.4 cm³/mol. The maximum Gasteiger partial charge on any atom is 0.237 e. The van der Waals surface area contributed by atoms with Gasteiger partial charge < -0.3 is 10.6 Å². The zero-order valence-corrected chi connectivity index (χ0v) is 6.27. The molecule has 1 amide bonds. The molecule has 0 bridgehead atoms. The molecule has 0 unspecified atom stereocenters. The van der Waals surface area contributed by atoms with Gasteiger partial charge in [0.1, 0.15) is 0 Å². The summed E-state index contributed by atoms with van der Waals surface area (Å²) in [6, 6.07) is -0.255. The second-order valence-corrected chi connectivity index (χ2v) is 1.86. The van der Waals surface area contributed by atoms with Gasteiger partial charge in [0.15, 0.2) is 0 Å². The Labute approximate surface area is 61.2 Å². The lowest BCUT2D eigenvalue weighted by atomic mass is 10.2. The molecule has 0 saturated heterocycles. The molecule has 0 aliphatic carbocycles. The van der Waals surface area contributed by atoms with Gasteiger partial charge in [0.05, 0.1) is 6.04 Å². The van der Waals surface area contributed by atoms with E-state index in [0.29, 0.717) is 6.42 Å². The van der Waals surface area contributed by atoms with Crippen molar-refractivity contribution in [2.45, 2.75) is 12.5 Å². The average Bonchev–Trinajstić information content (AvgIpc) is 1.99. The van der Waals surface area contributed by atoms with Crippen molar-refractivity contribution in [2.24, 2.45) is 0 Å². The number of hydrogen-bond donors (Lipinski definition) is 2. The Morgan fingerprint density at radius 3 is 2.60 bits per heavy atom. The minimum absolute atomic E-state index is 0.0690. The highest BCUT2D eigenvalue weighted by atomic mass is 16.2. The molecule has 0 heterocycles. The third-order valence-electron chi connectivity index (χ3n) is 1.23. The van der Waals surface area contributed by atoms with Crippen molar-refractivity contribution in [1.82, 2.24) is 10.6 Å². The van der Waals surface area contributed by atoms with Crippen LogP contribution in [0.15, 0.2) is 0 Å². The number of terminal acetylenes is 1. The molecule has 0 radical (unpaired) electrons. The molecule has 0 spiro atoms. The number of amides is 1. The molecule has 0 saturated carbocycles. The van der Waals surface area contributed by atoms with Crippen LogP contribution in [0.2, 0.25) is 0 Å². The van der Waals surface area contributed by atoms with E-state index in [0.717, 1.165) is 0 Å². The lowest BCUT2D eigenvalue weighted by Gasteiger charge is -2.09. The van der Waals surface area contributed by atoms with Crippen LogP contribution in [-0.2, 0) is 4.79 Å². The van der Waals surface area contributed by atoms with Crippen LogP contribution in [0, 0.1) is 12.3 Å². The molecule has 3 heteroatoms. The SMILES string of the molecule is C#CC[C@H](NC)C(=O)NC. The molecule has 10 heavy (non-hydrogen) atoms. The van der Waals surface area contributed by atoms with Gasteiger partial charge in [-0.3, -0.25) is 4.79 Å². The van der Waals surface area contributed by atoms with Gasteiger partial charge in [0.2, 0.25) is 5.91 Å². The highest BCUT2D eigenvalue weighted by Crippen LogP contribution is 1.87. The normalized spacial score (nSPS) is 11.7. The first kappa shape index (κ1) is 8.99. The van der Waals surface area contributed by atoms with E-state index in [1.165, 1.54) is 0 Å². The van der Waals surface area contributed by atoms with Crippen molar-refractivity contribution in [2.75, 3.05) is 14.1 Å². The third-order valence-corrected chi connectivity index (χ3v) is 1.23. The van der Waals surface area contributed by atoms with Crippen LogP contribution in [0.5, 0.6) is 0 Å². The molecule has 2 N–H and O–H groups in total. The molecule has 3 nitrogen and oxygen atoms in total. The average molecular weight is 140 g/mol. The minimum atomic E-state index is -0.255. The zero-order valence-electron chi connectivity index (χ0n) is 6.27. The monoisotopic (exact) mass is 140 g/mol. The molecule has 1 atom stereocenters. The van der Waals surface area contributed by atoms with Gasteiger partial charge >= 0.3 is 0 Å². The second kappa shape index (κ2) is 4.83. The smallest absolute Gasteiger partial charge is 0.237 e. The number of nitrogens with one attached hydrogen (secondary N) is 2. The largest absolute Gasteiger partial charge is 0.358 e. The predicted octanol–water partition coefficient (Wildman–Crippen LogP) is -0.656. The Kier molecular flexibility index (Phi) is 4.34. The molecular formula is C7H12N2O. The third kappa shape index (κ3) is 2.51. The Bertz CT molecular complexity index is 148. The fraction of sp³-hybridized carbons (Fsp3) is 0.571. The van der Waals surface area contributed by atoms with E-state index < -0.39 is 0 Å². The number of rotatable bonds is 3. The summed E-state index contributed by atoms with van der Waals surface area (Å²) in [5.41, 5.74) is 0. The number of carbonyl (C=O) groups is 1. The molecular weight excluding hydrogens is 128 g/mol. The number of likely N-dealkylation sites (N-methyl/N-ethyl adjacent to an activating group) is 2. The fourth-order valence-corrected chi connectivity index (χ4v) is 0.618. The van der Waals surface area contributed by atoms with Crippen LogP contribution in [0.1, 0.15) is 6.42 Å². The molecule has 0 rings (SSSR count). The summed E-state index contributed by atoms with van der Waals surface area (Å²) in [4.78, 5) is 10.9. The quantitative estimate of drug-likeness (QED) is 0.511. The molecule has 0 aromatic carbocycles. The number of carbonyl (C=O) groups excluding carboxylic acids is 1. The van der Waals surface area contributed by atoms with Gasteiger partial charge in [-0.1, -0.05) is 0 Å². The van der Waals surface area contributed by atoms with Crippen molar-refractivity contribution in [3.63, 3.8) is 0 Å². The van der Waals surface area contributed by atoms with E-state index >= 15 is 0 Å². The van der Waals surface area contributed by atoms with E-state index in [2.05, 4.69) is 16.6 Å². The first-order chi connectivity index (χ1) is 4.76. The van der Waals surface area contributed by atoms with Gasteiger partial charge in [0.25, 0.3) is 0 Å². The molecule has 0 aromatic rings. The molecule has 56 valence electrons. The van der Waals surface area contributed by atoms with Gasteiger partial charge in [-0.15, -0.1) is 12.3 Å². The van der Waals surface area contributed by atoms with E-state index in [-0.39, 0.29) is 11.9 Å². The van der Waals surface area contributed by atoms with Crippen LogP contribution in [0.3, 0.4) is 0 Å². The van der Waals surface area contributed by atoms with Gasteiger partial charge in [-0.25, -0.2) is 0 Å². The van der Waals surface area contributed by atoms with Crippen LogP contribution < -0.4 is 10.6 Å². The lowest BCUT2D eigenvalue weighted by molar-refractivity contribution is -0.122. The summed E-state index contributed by atoms with van der Waals surface area (Å²) in [6.07, 6.45) is 5.45. The van der Waals surface area contributed by atoms with Crippen molar-refractivity contribution in [3.8, 4) is 12.3 Å². The lowest BCUT2D eigenvalue weighted by Crippen LogP contribution is -2.40. The summed E-state index contributed by atoms with van der Waals surface area (Å²) < 4.78 is 0. The highest BCUT2D eigenvalue weighted by Gasteiger charge is 2.11. The van der Waals surface area contributed by atoms with E-state index in [4.69, 9.17) is 6.42 Å². The van der Waals surface area contributed by atoms with Gasteiger partial charge in [-0.05, 0) is 7.05 Å². The fourth-order valence-electron chi connectivity index (χ4n) is 0.618. The Morgan fingerprint density at radius 1 is 1.70 bits per heavy atom. The first-order valence-electron chi connectivity index (χ1n) is 3.08. The van der Waals surface area contributed by atoms with Gasteiger partial charge in [-0.2, -0.15) is 0 Å². The van der Waals surface area contributed by atoms with Gasteiger partial charge in [0, 0.05) is 13.5 Å². The molecule has 0 aliphatic heterocycles. The Balaban J connectivity index is 3.83. The van der Waals surface area contributed by atoms with Crippen molar-refractivity contribution in [3.05, 3.63) is 0 Å². The minimum Gasteiger partial charge on any atom is -0.358 e. The van der Waals surface area contributed by atoms with Crippen LogP contribution in [0.25, 0.3) is 0 Å². The number of hydrogen-bond acceptors (Lipinski definition) is 2. The second-order valence-electron chi connectivity index (χ2n) is 1.86.